The Balaban J connectivity index is 2.27. The molecule has 1 atom stereocenters. The van der Waals surface area contributed by atoms with Gasteiger partial charge >= 0.3 is 0 Å². The molecule has 112 valence electrons. The number of rotatable bonds is 7. The summed E-state index contributed by atoms with van der Waals surface area (Å²) >= 11 is 0. The second-order valence-electron chi connectivity index (χ2n) is 5.96. The summed E-state index contributed by atoms with van der Waals surface area (Å²) in [7, 11) is 0. The maximum absolute atomic E-state index is 12.7. The smallest absolute Gasteiger partial charge is 0.255 e. The third-order valence-electron chi connectivity index (χ3n) is 4.42. The second-order valence-corrected chi connectivity index (χ2v) is 5.96. The Morgan fingerprint density at radius 2 is 2.15 bits per heavy atom. The number of unbranched alkanes of at least 4 members (excludes halogenated alkanes) is 1. The molecule has 0 bridgehead atoms. The average molecular weight is 276 g/mol. The molecule has 3 heteroatoms. The van der Waals surface area contributed by atoms with Crippen molar-refractivity contribution in [1.82, 2.24) is 9.88 Å². The highest BCUT2D eigenvalue weighted by Gasteiger charge is 2.21. The van der Waals surface area contributed by atoms with Gasteiger partial charge in [-0.05, 0) is 57.2 Å². The first kappa shape index (κ1) is 15.3. The molecule has 2 rings (SSSR count). The van der Waals surface area contributed by atoms with Crippen molar-refractivity contribution >= 4 is 0 Å². The zero-order valence-electron chi connectivity index (χ0n) is 13.2. The van der Waals surface area contributed by atoms with Crippen LogP contribution in [0.15, 0.2) is 10.9 Å². The van der Waals surface area contributed by atoms with Crippen LogP contribution in [0, 0.1) is 0 Å². The van der Waals surface area contributed by atoms with Crippen LogP contribution in [0.25, 0.3) is 0 Å². The molecule has 1 aromatic rings. The summed E-state index contributed by atoms with van der Waals surface area (Å²) in [5.74, 6) is 0. The van der Waals surface area contributed by atoms with Crippen molar-refractivity contribution < 1.29 is 0 Å². The van der Waals surface area contributed by atoms with Gasteiger partial charge in [0.1, 0.15) is 0 Å². The Morgan fingerprint density at radius 1 is 1.35 bits per heavy atom. The fraction of sp³-hybridized carbons (Fsp3) is 0.706. The average Bonchev–Trinajstić information content (AvgIpc) is 2.91. The molecule has 0 aliphatic heterocycles. The van der Waals surface area contributed by atoms with Gasteiger partial charge in [0.05, 0.1) is 0 Å². The van der Waals surface area contributed by atoms with Gasteiger partial charge in [-0.15, -0.1) is 0 Å². The summed E-state index contributed by atoms with van der Waals surface area (Å²) in [5.41, 5.74) is 3.87. The normalized spacial score (nSPS) is 15.3. The van der Waals surface area contributed by atoms with Crippen molar-refractivity contribution in [3.63, 3.8) is 0 Å². The highest BCUT2D eigenvalue weighted by atomic mass is 16.1. The van der Waals surface area contributed by atoms with Crippen LogP contribution in [0.3, 0.4) is 0 Å². The molecule has 1 N–H and O–H groups in total. The van der Waals surface area contributed by atoms with E-state index in [4.69, 9.17) is 0 Å². The minimum atomic E-state index is 0.226. The predicted molar refractivity (Wildman–Crippen MR) is 84.3 cm³/mol. The molecule has 20 heavy (non-hydrogen) atoms. The first-order chi connectivity index (χ1) is 9.69. The zero-order chi connectivity index (χ0) is 14.5. The van der Waals surface area contributed by atoms with Crippen LogP contribution < -0.4 is 10.9 Å². The van der Waals surface area contributed by atoms with Crippen molar-refractivity contribution in [2.75, 3.05) is 6.54 Å². The van der Waals surface area contributed by atoms with Gasteiger partial charge in [-0.1, -0.05) is 20.3 Å². The van der Waals surface area contributed by atoms with Gasteiger partial charge in [0, 0.05) is 23.8 Å². The van der Waals surface area contributed by atoms with Crippen LogP contribution in [0.4, 0.5) is 0 Å². The van der Waals surface area contributed by atoms with Crippen LogP contribution in [-0.4, -0.2) is 11.1 Å². The molecule has 1 aromatic heterocycles. The fourth-order valence-corrected chi connectivity index (χ4v) is 3.03. The molecule has 0 aromatic carbocycles. The van der Waals surface area contributed by atoms with Crippen LogP contribution in [-0.2, 0) is 19.4 Å². The van der Waals surface area contributed by atoms with E-state index in [0.29, 0.717) is 12.6 Å². The van der Waals surface area contributed by atoms with Gasteiger partial charge in [-0.3, -0.25) is 4.79 Å². The van der Waals surface area contributed by atoms with Crippen molar-refractivity contribution in [3.05, 3.63) is 33.2 Å². The van der Waals surface area contributed by atoms with E-state index in [1.165, 1.54) is 30.5 Å². The van der Waals surface area contributed by atoms with Crippen molar-refractivity contribution in [3.8, 4) is 0 Å². The summed E-state index contributed by atoms with van der Waals surface area (Å²) in [4.78, 5) is 12.7. The minimum absolute atomic E-state index is 0.226. The third-order valence-corrected chi connectivity index (χ3v) is 4.42. The van der Waals surface area contributed by atoms with Crippen LogP contribution in [0.2, 0.25) is 0 Å². The lowest BCUT2D eigenvalue weighted by Gasteiger charge is -2.20. The molecule has 1 unspecified atom stereocenters. The molecule has 0 radical (unpaired) electrons. The van der Waals surface area contributed by atoms with Crippen LogP contribution in [0.5, 0.6) is 0 Å². The van der Waals surface area contributed by atoms with E-state index in [-0.39, 0.29) is 5.56 Å². The SMILES string of the molecule is CCCCNCc1cc2c(n(C(C)CC)c1=O)CCC2. The lowest BCUT2D eigenvalue weighted by atomic mass is 10.1. The molecule has 3 nitrogen and oxygen atoms in total. The highest BCUT2D eigenvalue weighted by Crippen LogP contribution is 2.24. The summed E-state index contributed by atoms with van der Waals surface area (Å²) in [5, 5.41) is 3.41. The molecule has 0 amide bonds. The number of pyridine rings is 1. The summed E-state index contributed by atoms with van der Waals surface area (Å²) in [6.45, 7) is 8.21. The standard InChI is InChI=1S/C17H28N2O/c1-4-6-10-18-12-15-11-14-8-7-9-16(14)19(17(15)20)13(3)5-2/h11,13,18H,4-10,12H2,1-3H3. The maximum Gasteiger partial charge on any atom is 0.255 e. The van der Waals surface area contributed by atoms with E-state index < -0.39 is 0 Å². The third kappa shape index (κ3) is 3.14. The quantitative estimate of drug-likeness (QED) is 0.776. The Bertz CT molecular complexity index is 504. The summed E-state index contributed by atoms with van der Waals surface area (Å²) < 4.78 is 2.07. The number of aryl methyl sites for hydroxylation is 1. The predicted octanol–water partition coefficient (Wildman–Crippen LogP) is 3.20. The number of aromatic nitrogens is 1. The lowest BCUT2D eigenvalue weighted by Crippen LogP contribution is -2.31. The van der Waals surface area contributed by atoms with E-state index in [2.05, 4.69) is 36.7 Å². The van der Waals surface area contributed by atoms with Gasteiger partial charge in [-0.25, -0.2) is 0 Å². The minimum Gasteiger partial charge on any atom is -0.312 e. The number of hydrogen-bond donors (Lipinski definition) is 1. The van der Waals surface area contributed by atoms with Gasteiger partial charge in [0.15, 0.2) is 0 Å². The van der Waals surface area contributed by atoms with Crippen molar-refractivity contribution in [2.45, 2.75) is 71.9 Å². The largest absolute Gasteiger partial charge is 0.312 e. The van der Waals surface area contributed by atoms with Crippen LogP contribution in [0.1, 0.15) is 69.3 Å². The Morgan fingerprint density at radius 3 is 2.85 bits per heavy atom. The molecule has 1 heterocycles. The highest BCUT2D eigenvalue weighted by molar-refractivity contribution is 5.31. The van der Waals surface area contributed by atoms with E-state index in [0.717, 1.165) is 31.4 Å². The topological polar surface area (TPSA) is 34.0 Å². The molecule has 0 fully saturated rings. The second kappa shape index (κ2) is 7.07. The molecule has 0 saturated heterocycles. The van der Waals surface area contributed by atoms with Gasteiger partial charge in [-0.2, -0.15) is 0 Å². The van der Waals surface area contributed by atoms with Crippen LogP contribution >= 0.6 is 0 Å². The number of nitrogens with one attached hydrogen (secondary N) is 1. The maximum atomic E-state index is 12.7. The van der Waals surface area contributed by atoms with Gasteiger partial charge in [0.2, 0.25) is 0 Å². The molecule has 1 aliphatic rings. The Hall–Kier alpha value is -1.09. The molecule has 1 aliphatic carbocycles. The van der Waals surface area contributed by atoms with Crippen molar-refractivity contribution in [2.24, 2.45) is 0 Å². The van der Waals surface area contributed by atoms with Crippen molar-refractivity contribution in [1.29, 1.82) is 0 Å². The lowest BCUT2D eigenvalue weighted by molar-refractivity contribution is 0.491. The molecule has 0 spiro atoms. The number of hydrogen-bond acceptors (Lipinski definition) is 2. The van der Waals surface area contributed by atoms with E-state index in [1.54, 1.807) is 0 Å². The summed E-state index contributed by atoms with van der Waals surface area (Å²) in [6, 6.07) is 2.47. The molecular weight excluding hydrogens is 248 g/mol. The Labute approximate surface area is 122 Å². The number of nitrogens with zero attached hydrogens (tertiary/aromatic N) is 1. The Kier molecular flexibility index (Phi) is 5.41. The zero-order valence-corrected chi connectivity index (χ0v) is 13.2. The van der Waals surface area contributed by atoms with Gasteiger partial charge in [0.25, 0.3) is 5.56 Å². The molecule has 0 saturated carbocycles. The first-order valence-corrected chi connectivity index (χ1v) is 8.15. The van der Waals surface area contributed by atoms with E-state index >= 15 is 0 Å². The molecular formula is C17H28N2O. The van der Waals surface area contributed by atoms with E-state index in [9.17, 15) is 4.79 Å². The van der Waals surface area contributed by atoms with Gasteiger partial charge < -0.3 is 9.88 Å². The number of fused-ring (bicyclic) bond motifs is 1. The fourth-order valence-electron chi connectivity index (χ4n) is 3.03. The summed E-state index contributed by atoms with van der Waals surface area (Å²) in [6.07, 6.45) is 6.77. The first-order valence-electron chi connectivity index (χ1n) is 8.15. The monoisotopic (exact) mass is 276 g/mol. The van der Waals surface area contributed by atoms with E-state index in [1.807, 2.05) is 0 Å².